The molecule has 19 heavy (non-hydrogen) atoms. The van der Waals surface area contributed by atoms with Gasteiger partial charge in [-0.2, -0.15) is 0 Å². The van der Waals surface area contributed by atoms with Crippen LogP contribution in [0.5, 0.6) is 0 Å². The summed E-state index contributed by atoms with van der Waals surface area (Å²) in [4.78, 5) is 7.55. The fourth-order valence-corrected chi connectivity index (χ4v) is 2.08. The number of hydrogen-bond donors (Lipinski definition) is 2. The Hall–Kier alpha value is -2.36. The SMILES string of the molecule is CNc1nc2cc(-c3ccc(C)c(F)c3)ccc2[nH]1. The second-order valence-corrected chi connectivity index (χ2v) is 4.53. The molecule has 3 aromatic rings. The van der Waals surface area contributed by atoms with Gasteiger partial charge in [0.2, 0.25) is 5.95 Å². The second-order valence-electron chi connectivity index (χ2n) is 4.53. The van der Waals surface area contributed by atoms with Crippen molar-refractivity contribution in [2.75, 3.05) is 12.4 Å². The molecule has 0 aliphatic heterocycles. The lowest BCUT2D eigenvalue weighted by atomic mass is 10.0. The van der Waals surface area contributed by atoms with E-state index >= 15 is 0 Å². The number of aromatic amines is 1. The van der Waals surface area contributed by atoms with Gasteiger partial charge in [-0.1, -0.05) is 18.2 Å². The van der Waals surface area contributed by atoms with Gasteiger partial charge in [0.05, 0.1) is 11.0 Å². The first-order chi connectivity index (χ1) is 9.17. The summed E-state index contributed by atoms with van der Waals surface area (Å²) >= 11 is 0. The molecule has 2 aromatic carbocycles. The zero-order valence-electron chi connectivity index (χ0n) is 10.8. The van der Waals surface area contributed by atoms with Crippen LogP contribution in [0, 0.1) is 12.7 Å². The van der Waals surface area contributed by atoms with Crippen LogP contribution in [0.4, 0.5) is 10.3 Å². The topological polar surface area (TPSA) is 40.7 Å². The summed E-state index contributed by atoms with van der Waals surface area (Å²) in [5.74, 6) is 0.540. The van der Waals surface area contributed by atoms with Crippen LogP contribution < -0.4 is 5.32 Å². The van der Waals surface area contributed by atoms with E-state index in [1.807, 2.05) is 31.3 Å². The van der Waals surface area contributed by atoms with E-state index in [1.54, 1.807) is 19.1 Å². The van der Waals surface area contributed by atoms with Crippen LogP contribution in [0.15, 0.2) is 36.4 Å². The van der Waals surface area contributed by atoms with Crippen LogP contribution in [0.1, 0.15) is 5.56 Å². The monoisotopic (exact) mass is 255 g/mol. The van der Waals surface area contributed by atoms with Gasteiger partial charge in [-0.15, -0.1) is 0 Å². The molecule has 0 amide bonds. The molecule has 0 aliphatic carbocycles. The minimum atomic E-state index is -0.185. The predicted molar refractivity (Wildman–Crippen MR) is 75.8 cm³/mol. The number of hydrogen-bond acceptors (Lipinski definition) is 2. The van der Waals surface area contributed by atoms with Crippen molar-refractivity contribution in [3.05, 3.63) is 47.8 Å². The molecule has 1 heterocycles. The number of nitrogens with one attached hydrogen (secondary N) is 2. The quantitative estimate of drug-likeness (QED) is 0.732. The minimum Gasteiger partial charge on any atom is -0.359 e. The van der Waals surface area contributed by atoms with Crippen LogP contribution in [-0.4, -0.2) is 17.0 Å². The van der Waals surface area contributed by atoms with E-state index in [0.717, 1.165) is 28.1 Å². The molecule has 2 N–H and O–H groups in total. The number of halogens is 1. The van der Waals surface area contributed by atoms with E-state index in [2.05, 4.69) is 15.3 Å². The van der Waals surface area contributed by atoms with Crippen LogP contribution in [-0.2, 0) is 0 Å². The Bertz CT molecular complexity index is 746. The Morgan fingerprint density at radius 2 is 1.84 bits per heavy atom. The first-order valence-corrected chi connectivity index (χ1v) is 6.11. The van der Waals surface area contributed by atoms with Crippen LogP contribution in [0.3, 0.4) is 0 Å². The van der Waals surface area contributed by atoms with Crippen molar-refractivity contribution in [2.24, 2.45) is 0 Å². The minimum absolute atomic E-state index is 0.185. The predicted octanol–water partition coefficient (Wildman–Crippen LogP) is 3.72. The van der Waals surface area contributed by atoms with Gasteiger partial charge >= 0.3 is 0 Å². The van der Waals surface area contributed by atoms with Crippen molar-refractivity contribution in [3.8, 4) is 11.1 Å². The van der Waals surface area contributed by atoms with E-state index in [0.29, 0.717) is 5.56 Å². The van der Waals surface area contributed by atoms with Gasteiger partial charge in [-0.25, -0.2) is 9.37 Å². The molecule has 0 spiro atoms. The maximum Gasteiger partial charge on any atom is 0.200 e. The fourth-order valence-electron chi connectivity index (χ4n) is 2.08. The third-order valence-corrected chi connectivity index (χ3v) is 3.23. The Balaban J connectivity index is 2.11. The maximum absolute atomic E-state index is 13.6. The van der Waals surface area contributed by atoms with E-state index in [1.165, 1.54) is 0 Å². The van der Waals surface area contributed by atoms with Gasteiger partial charge in [-0.05, 0) is 41.8 Å². The molecular weight excluding hydrogens is 241 g/mol. The summed E-state index contributed by atoms with van der Waals surface area (Å²) in [5, 5.41) is 2.97. The van der Waals surface area contributed by atoms with E-state index in [-0.39, 0.29) is 5.82 Å². The molecule has 0 bridgehead atoms. The number of anilines is 1. The molecular formula is C15H14FN3. The Kier molecular flexibility index (Phi) is 2.71. The van der Waals surface area contributed by atoms with E-state index < -0.39 is 0 Å². The molecule has 4 heteroatoms. The highest BCUT2D eigenvalue weighted by Gasteiger charge is 2.06. The molecule has 3 nitrogen and oxygen atoms in total. The van der Waals surface area contributed by atoms with Crippen LogP contribution in [0.25, 0.3) is 22.2 Å². The van der Waals surface area contributed by atoms with Gasteiger partial charge < -0.3 is 10.3 Å². The zero-order chi connectivity index (χ0) is 13.4. The molecule has 0 fully saturated rings. The summed E-state index contributed by atoms with van der Waals surface area (Å²) in [5.41, 5.74) is 4.30. The number of rotatable bonds is 2. The average molecular weight is 255 g/mol. The van der Waals surface area contributed by atoms with Gasteiger partial charge in [0.1, 0.15) is 5.82 Å². The number of aryl methyl sites for hydroxylation is 1. The lowest BCUT2D eigenvalue weighted by Gasteiger charge is -2.03. The molecule has 0 saturated heterocycles. The highest BCUT2D eigenvalue weighted by molar-refractivity contribution is 5.83. The van der Waals surface area contributed by atoms with Gasteiger partial charge in [0, 0.05) is 7.05 Å². The fraction of sp³-hybridized carbons (Fsp3) is 0.133. The lowest BCUT2D eigenvalue weighted by molar-refractivity contribution is 0.619. The normalized spacial score (nSPS) is 10.9. The Labute approximate surface area is 110 Å². The number of H-pyrrole nitrogens is 1. The van der Waals surface area contributed by atoms with Crippen molar-refractivity contribution >= 4 is 17.0 Å². The molecule has 0 aliphatic rings. The van der Waals surface area contributed by atoms with E-state index in [4.69, 9.17) is 0 Å². The molecule has 96 valence electrons. The van der Waals surface area contributed by atoms with Crippen LogP contribution >= 0.6 is 0 Å². The number of imidazole rings is 1. The third-order valence-electron chi connectivity index (χ3n) is 3.23. The highest BCUT2D eigenvalue weighted by atomic mass is 19.1. The van der Waals surface area contributed by atoms with Crippen LogP contribution in [0.2, 0.25) is 0 Å². The van der Waals surface area contributed by atoms with Crippen molar-refractivity contribution in [1.82, 2.24) is 9.97 Å². The van der Waals surface area contributed by atoms with E-state index in [9.17, 15) is 4.39 Å². The zero-order valence-corrected chi connectivity index (χ0v) is 10.8. The smallest absolute Gasteiger partial charge is 0.200 e. The summed E-state index contributed by atoms with van der Waals surface area (Å²) in [6.07, 6.45) is 0. The number of nitrogens with zero attached hydrogens (tertiary/aromatic N) is 1. The highest BCUT2D eigenvalue weighted by Crippen LogP contribution is 2.25. The molecule has 0 unspecified atom stereocenters. The average Bonchev–Trinajstić information content (AvgIpc) is 2.83. The summed E-state index contributed by atoms with van der Waals surface area (Å²) < 4.78 is 13.6. The summed E-state index contributed by atoms with van der Waals surface area (Å²) in [6.45, 7) is 1.76. The molecule has 0 radical (unpaired) electrons. The maximum atomic E-state index is 13.6. The van der Waals surface area contributed by atoms with Gasteiger partial charge in [-0.3, -0.25) is 0 Å². The molecule has 0 atom stereocenters. The summed E-state index contributed by atoms with van der Waals surface area (Å²) in [7, 11) is 1.81. The van der Waals surface area contributed by atoms with Crippen molar-refractivity contribution in [3.63, 3.8) is 0 Å². The van der Waals surface area contributed by atoms with Gasteiger partial charge in [0.15, 0.2) is 0 Å². The van der Waals surface area contributed by atoms with Crippen molar-refractivity contribution in [1.29, 1.82) is 0 Å². The standard InChI is InChI=1S/C15H14FN3/c1-9-3-4-10(7-12(9)16)11-5-6-13-14(8-11)19-15(17-2)18-13/h3-8H,1-2H3,(H2,17,18,19). The second kappa shape index (κ2) is 4.39. The number of aromatic nitrogens is 2. The Morgan fingerprint density at radius 3 is 2.58 bits per heavy atom. The largest absolute Gasteiger partial charge is 0.359 e. The number of fused-ring (bicyclic) bond motifs is 1. The number of benzene rings is 2. The first kappa shape index (κ1) is 11.7. The molecule has 0 saturated carbocycles. The first-order valence-electron chi connectivity index (χ1n) is 6.11. The van der Waals surface area contributed by atoms with Crippen molar-refractivity contribution in [2.45, 2.75) is 6.92 Å². The summed E-state index contributed by atoms with van der Waals surface area (Å²) in [6, 6.07) is 11.1. The Morgan fingerprint density at radius 1 is 1.11 bits per heavy atom. The third kappa shape index (κ3) is 2.05. The van der Waals surface area contributed by atoms with Gasteiger partial charge in [0.25, 0.3) is 0 Å². The van der Waals surface area contributed by atoms with Crippen molar-refractivity contribution < 1.29 is 4.39 Å². The molecule has 3 rings (SSSR count). The molecule has 1 aromatic heterocycles. The lowest BCUT2D eigenvalue weighted by Crippen LogP contribution is -1.88.